The van der Waals surface area contributed by atoms with Crippen molar-refractivity contribution in [3.8, 4) is 0 Å². The van der Waals surface area contributed by atoms with Gasteiger partial charge in [0, 0.05) is 32.2 Å². The van der Waals surface area contributed by atoms with E-state index in [0.29, 0.717) is 6.04 Å². The molecule has 0 bridgehead atoms. The molecule has 0 atom stereocenters. The van der Waals surface area contributed by atoms with Gasteiger partial charge < -0.3 is 15.5 Å². The zero-order chi connectivity index (χ0) is 12.0. The molecule has 0 unspecified atom stereocenters. The van der Waals surface area contributed by atoms with Gasteiger partial charge in [-0.05, 0) is 20.9 Å². The van der Waals surface area contributed by atoms with E-state index < -0.39 is 0 Å². The maximum absolute atomic E-state index is 4.25. The Bertz CT molecular complexity index is 313. The minimum absolute atomic E-state index is 0.380. The molecule has 0 amide bonds. The van der Waals surface area contributed by atoms with Gasteiger partial charge in [0.2, 0.25) is 0 Å². The molecule has 0 saturated heterocycles. The summed E-state index contributed by atoms with van der Waals surface area (Å²) in [6.45, 7) is 6.04. The fourth-order valence-corrected chi connectivity index (χ4v) is 1.32. The van der Waals surface area contributed by atoms with Gasteiger partial charge in [0.1, 0.15) is 18.0 Å². The monoisotopic (exact) mass is 223 g/mol. The fraction of sp³-hybridized carbons (Fsp3) is 0.636. The van der Waals surface area contributed by atoms with Crippen LogP contribution in [0.2, 0.25) is 0 Å². The number of anilines is 2. The Morgan fingerprint density at radius 1 is 1.38 bits per heavy atom. The first-order chi connectivity index (χ1) is 7.63. The molecule has 16 heavy (non-hydrogen) atoms. The second-order valence-electron chi connectivity index (χ2n) is 4.09. The summed E-state index contributed by atoms with van der Waals surface area (Å²) < 4.78 is 0. The van der Waals surface area contributed by atoms with E-state index in [2.05, 4.69) is 39.3 Å². The smallest absolute Gasteiger partial charge is 0.133 e. The zero-order valence-corrected chi connectivity index (χ0v) is 10.5. The van der Waals surface area contributed by atoms with Gasteiger partial charge in [-0.1, -0.05) is 0 Å². The summed E-state index contributed by atoms with van der Waals surface area (Å²) in [6.07, 6.45) is 1.59. The second-order valence-corrected chi connectivity index (χ2v) is 4.09. The van der Waals surface area contributed by atoms with Crippen molar-refractivity contribution in [1.82, 2.24) is 15.3 Å². The maximum Gasteiger partial charge on any atom is 0.133 e. The van der Waals surface area contributed by atoms with E-state index >= 15 is 0 Å². The molecule has 0 radical (unpaired) electrons. The molecule has 0 fully saturated rings. The van der Waals surface area contributed by atoms with Crippen molar-refractivity contribution in [2.45, 2.75) is 19.9 Å². The molecule has 0 aliphatic carbocycles. The van der Waals surface area contributed by atoms with Gasteiger partial charge in [-0.15, -0.1) is 0 Å². The lowest BCUT2D eigenvalue weighted by atomic mass is 10.4. The highest BCUT2D eigenvalue weighted by Gasteiger charge is 2.04. The first-order valence-corrected chi connectivity index (χ1v) is 5.57. The molecule has 1 aromatic heterocycles. The standard InChI is InChI=1S/C11H21N5/c1-9(2)15-10-7-11(14-8-13-10)16(4)6-5-12-3/h7-9,12H,5-6H2,1-4H3,(H,13,14,15). The van der Waals surface area contributed by atoms with Crippen LogP contribution in [0.25, 0.3) is 0 Å². The Labute approximate surface area is 97.3 Å². The third-order valence-electron chi connectivity index (χ3n) is 2.18. The van der Waals surface area contributed by atoms with Crippen molar-refractivity contribution in [2.24, 2.45) is 0 Å². The minimum Gasteiger partial charge on any atom is -0.368 e. The van der Waals surface area contributed by atoms with E-state index in [9.17, 15) is 0 Å². The number of aromatic nitrogens is 2. The molecule has 1 heterocycles. The first-order valence-electron chi connectivity index (χ1n) is 5.57. The number of rotatable bonds is 6. The van der Waals surface area contributed by atoms with Crippen molar-refractivity contribution < 1.29 is 0 Å². The molecule has 5 nitrogen and oxygen atoms in total. The van der Waals surface area contributed by atoms with Crippen LogP contribution in [0.15, 0.2) is 12.4 Å². The van der Waals surface area contributed by atoms with Crippen LogP contribution in [0, 0.1) is 0 Å². The molecule has 0 spiro atoms. The lowest BCUT2D eigenvalue weighted by molar-refractivity contribution is 0.760. The molecule has 0 aliphatic heterocycles. The molecular weight excluding hydrogens is 202 g/mol. The van der Waals surface area contributed by atoms with E-state index in [4.69, 9.17) is 0 Å². The van der Waals surface area contributed by atoms with Crippen molar-refractivity contribution in [3.63, 3.8) is 0 Å². The topological polar surface area (TPSA) is 53.1 Å². The van der Waals surface area contributed by atoms with Crippen LogP contribution in [0.5, 0.6) is 0 Å². The van der Waals surface area contributed by atoms with Gasteiger partial charge in [0.25, 0.3) is 0 Å². The van der Waals surface area contributed by atoms with Crippen LogP contribution >= 0.6 is 0 Å². The largest absolute Gasteiger partial charge is 0.368 e. The van der Waals surface area contributed by atoms with Crippen molar-refractivity contribution in [3.05, 3.63) is 12.4 Å². The normalized spacial score (nSPS) is 10.6. The average molecular weight is 223 g/mol. The van der Waals surface area contributed by atoms with Gasteiger partial charge in [-0.3, -0.25) is 0 Å². The molecule has 2 N–H and O–H groups in total. The molecular formula is C11H21N5. The number of hydrogen-bond donors (Lipinski definition) is 2. The van der Waals surface area contributed by atoms with Gasteiger partial charge in [0.05, 0.1) is 0 Å². The van der Waals surface area contributed by atoms with E-state index in [0.717, 1.165) is 24.7 Å². The highest BCUT2D eigenvalue weighted by Crippen LogP contribution is 2.12. The lowest BCUT2D eigenvalue weighted by Gasteiger charge is -2.18. The Hall–Kier alpha value is -1.36. The quantitative estimate of drug-likeness (QED) is 0.752. The number of likely N-dealkylation sites (N-methyl/N-ethyl adjacent to an activating group) is 2. The zero-order valence-electron chi connectivity index (χ0n) is 10.5. The van der Waals surface area contributed by atoms with Gasteiger partial charge in [-0.25, -0.2) is 9.97 Å². The molecule has 0 saturated carbocycles. The van der Waals surface area contributed by atoms with Crippen molar-refractivity contribution in [1.29, 1.82) is 0 Å². The molecule has 1 aromatic rings. The van der Waals surface area contributed by atoms with E-state index in [-0.39, 0.29) is 0 Å². The Morgan fingerprint density at radius 3 is 2.75 bits per heavy atom. The average Bonchev–Trinajstić information content (AvgIpc) is 2.25. The lowest BCUT2D eigenvalue weighted by Crippen LogP contribution is -2.27. The first kappa shape index (κ1) is 12.7. The number of hydrogen-bond acceptors (Lipinski definition) is 5. The fourth-order valence-electron chi connectivity index (χ4n) is 1.32. The summed E-state index contributed by atoms with van der Waals surface area (Å²) in [4.78, 5) is 10.5. The maximum atomic E-state index is 4.25. The van der Waals surface area contributed by atoms with Gasteiger partial charge in [0.15, 0.2) is 0 Å². The van der Waals surface area contributed by atoms with E-state index in [1.807, 2.05) is 20.2 Å². The highest BCUT2D eigenvalue weighted by molar-refractivity contribution is 5.48. The summed E-state index contributed by atoms with van der Waals surface area (Å²) >= 11 is 0. The third kappa shape index (κ3) is 4.02. The minimum atomic E-state index is 0.380. The number of nitrogens with one attached hydrogen (secondary N) is 2. The van der Waals surface area contributed by atoms with Crippen LogP contribution < -0.4 is 15.5 Å². The van der Waals surface area contributed by atoms with Crippen molar-refractivity contribution in [2.75, 3.05) is 37.4 Å². The summed E-state index contributed by atoms with van der Waals surface area (Å²) in [6, 6.07) is 2.35. The molecule has 0 aliphatic rings. The summed E-state index contributed by atoms with van der Waals surface area (Å²) in [7, 11) is 3.97. The summed E-state index contributed by atoms with van der Waals surface area (Å²) in [5, 5.41) is 6.38. The van der Waals surface area contributed by atoms with E-state index in [1.165, 1.54) is 0 Å². The van der Waals surface area contributed by atoms with Crippen LogP contribution in [-0.4, -0.2) is 43.2 Å². The predicted octanol–water partition coefficient (Wildman–Crippen LogP) is 0.952. The molecule has 90 valence electrons. The summed E-state index contributed by atoms with van der Waals surface area (Å²) in [5.74, 6) is 1.81. The third-order valence-corrected chi connectivity index (χ3v) is 2.18. The van der Waals surface area contributed by atoms with Crippen molar-refractivity contribution >= 4 is 11.6 Å². The van der Waals surface area contributed by atoms with Crippen LogP contribution in [0.4, 0.5) is 11.6 Å². The van der Waals surface area contributed by atoms with Crippen LogP contribution in [-0.2, 0) is 0 Å². The molecule has 5 heteroatoms. The van der Waals surface area contributed by atoms with Crippen LogP contribution in [0.1, 0.15) is 13.8 Å². The molecule has 1 rings (SSSR count). The summed E-state index contributed by atoms with van der Waals surface area (Å²) in [5.41, 5.74) is 0. The number of nitrogens with zero attached hydrogens (tertiary/aromatic N) is 3. The SMILES string of the molecule is CNCCN(C)c1cc(NC(C)C)ncn1. The highest BCUT2D eigenvalue weighted by atomic mass is 15.2. The van der Waals surface area contributed by atoms with Gasteiger partial charge >= 0.3 is 0 Å². The van der Waals surface area contributed by atoms with Gasteiger partial charge in [-0.2, -0.15) is 0 Å². The van der Waals surface area contributed by atoms with Crippen LogP contribution in [0.3, 0.4) is 0 Å². The second kappa shape index (κ2) is 6.27. The molecule has 0 aromatic carbocycles. The Kier molecular flexibility index (Phi) is 4.98. The Morgan fingerprint density at radius 2 is 2.12 bits per heavy atom. The Balaban J connectivity index is 2.65. The van der Waals surface area contributed by atoms with E-state index in [1.54, 1.807) is 6.33 Å². The predicted molar refractivity (Wildman–Crippen MR) is 68.0 cm³/mol.